The van der Waals surface area contributed by atoms with Crippen LogP contribution in [0.2, 0.25) is 0 Å². The van der Waals surface area contributed by atoms with E-state index in [1.165, 1.54) is 11.8 Å². The van der Waals surface area contributed by atoms with Gasteiger partial charge in [0.25, 0.3) is 5.91 Å². The first-order valence-corrected chi connectivity index (χ1v) is 11.9. The summed E-state index contributed by atoms with van der Waals surface area (Å²) < 4.78 is 0. The summed E-state index contributed by atoms with van der Waals surface area (Å²) >= 11 is 1.49. The Kier molecular flexibility index (Phi) is 6.87. The SMILES string of the molecule is CSc1ncccc1C(=O)N1CCC(CNC(=O)Cc2cccc3ccccc23)CC1. The average Bonchev–Trinajstić information content (AvgIpc) is 2.83. The summed E-state index contributed by atoms with van der Waals surface area (Å²) in [5.74, 6) is 0.500. The number of thioether (sulfide) groups is 1. The molecule has 6 heteroatoms. The highest BCUT2D eigenvalue weighted by Crippen LogP contribution is 2.23. The number of amides is 2. The third kappa shape index (κ3) is 5.07. The number of aromatic nitrogens is 1. The van der Waals surface area contributed by atoms with Crippen molar-refractivity contribution >= 4 is 34.3 Å². The second-order valence-electron chi connectivity index (χ2n) is 7.91. The van der Waals surface area contributed by atoms with Crippen molar-refractivity contribution in [2.45, 2.75) is 24.3 Å². The molecule has 1 fully saturated rings. The zero-order valence-corrected chi connectivity index (χ0v) is 18.5. The molecular weight excluding hydrogens is 406 g/mol. The molecule has 1 aromatic heterocycles. The number of rotatable bonds is 6. The Morgan fingerprint density at radius 1 is 1.06 bits per heavy atom. The average molecular weight is 434 g/mol. The first-order valence-electron chi connectivity index (χ1n) is 10.7. The first-order chi connectivity index (χ1) is 15.2. The van der Waals surface area contributed by atoms with Gasteiger partial charge in [0.2, 0.25) is 5.91 Å². The van der Waals surface area contributed by atoms with E-state index in [0.717, 1.165) is 34.2 Å². The number of carbonyl (C=O) groups is 2. The monoisotopic (exact) mass is 433 g/mol. The van der Waals surface area contributed by atoms with Crippen molar-refractivity contribution in [2.24, 2.45) is 5.92 Å². The van der Waals surface area contributed by atoms with E-state index in [2.05, 4.69) is 28.5 Å². The van der Waals surface area contributed by atoms with E-state index in [1.54, 1.807) is 6.20 Å². The zero-order chi connectivity index (χ0) is 21.6. The topological polar surface area (TPSA) is 62.3 Å². The van der Waals surface area contributed by atoms with Crippen molar-refractivity contribution in [1.82, 2.24) is 15.2 Å². The number of pyridine rings is 1. The van der Waals surface area contributed by atoms with Gasteiger partial charge >= 0.3 is 0 Å². The van der Waals surface area contributed by atoms with Crippen LogP contribution < -0.4 is 5.32 Å². The molecule has 31 heavy (non-hydrogen) atoms. The Morgan fingerprint density at radius 3 is 2.65 bits per heavy atom. The van der Waals surface area contributed by atoms with Gasteiger partial charge in [0.1, 0.15) is 5.03 Å². The Balaban J connectivity index is 1.27. The highest BCUT2D eigenvalue weighted by Gasteiger charge is 2.25. The highest BCUT2D eigenvalue weighted by atomic mass is 32.2. The van der Waals surface area contributed by atoms with Crippen molar-refractivity contribution in [3.05, 3.63) is 71.9 Å². The first kappa shape index (κ1) is 21.4. The summed E-state index contributed by atoms with van der Waals surface area (Å²) in [5.41, 5.74) is 1.73. The van der Waals surface area contributed by atoms with Gasteiger partial charge in [-0.2, -0.15) is 0 Å². The maximum Gasteiger partial charge on any atom is 0.256 e. The lowest BCUT2D eigenvalue weighted by atomic mass is 9.96. The number of hydrogen-bond donors (Lipinski definition) is 1. The predicted octanol–water partition coefficient (Wildman–Crippen LogP) is 4.17. The van der Waals surface area contributed by atoms with Crippen molar-refractivity contribution < 1.29 is 9.59 Å². The Hall–Kier alpha value is -2.86. The molecule has 1 aliphatic heterocycles. The Bertz CT molecular complexity index is 1070. The summed E-state index contributed by atoms with van der Waals surface area (Å²) in [7, 11) is 0. The molecule has 0 unspecified atom stereocenters. The molecule has 2 aromatic carbocycles. The molecule has 0 saturated carbocycles. The van der Waals surface area contributed by atoms with E-state index in [0.29, 0.717) is 37.5 Å². The van der Waals surface area contributed by atoms with Gasteiger partial charge < -0.3 is 10.2 Å². The number of fused-ring (bicyclic) bond motifs is 1. The smallest absolute Gasteiger partial charge is 0.256 e. The predicted molar refractivity (Wildman–Crippen MR) is 125 cm³/mol. The summed E-state index contributed by atoms with van der Waals surface area (Å²) in [5, 5.41) is 6.16. The second kappa shape index (κ2) is 9.96. The van der Waals surface area contributed by atoms with Gasteiger partial charge in [-0.15, -0.1) is 11.8 Å². The molecule has 4 rings (SSSR count). The molecule has 1 saturated heterocycles. The van der Waals surface area contributed by atoms with Gasteiger partial charge in [-0.3, -0.25) is 9.59 Å². The van der Waals surface area contributed by atoms with Crippen LogP contribution in [0, 0.1) is 5.92 Å². The number of nitrogens with zero attached hydrogens (tertiary/aromatic N) is 2. The number of likely N-dealkylation sites (tertiary alicyclic amines) is 1. The van der Waals surface area contributed by atoms with Crippen LogP contribution in [-0.4, -0.2) is 47.6 Å². The van der Waals surface area contributed by atoms with Crippen molar-refractivity contribution in [3.63, 3.8) is 0 Å². The van der Waals surface area contributed by atoms with Gasteiger partial charge in [0.15, 0.2) is 0 Å². The van der Waals surface area contributed by atoms with Crippen LogP contribution in [0.1, 0.15) is 28.8 Å². The van der Waals surface area contributed by atoms with Crippen LogP contribution in [0.3, 0.4) is 0 Å². The van der Waals surface area contributed by atoms with Crippen molar-refractivity contribution in [2.75, 3.05) is 25.9 Å². The molecule has 2 heterocycles. The quantitative estimate of drug-likeness (QED) is 0.593. The van der Waals surface area contributed by atoms with E-state index >= 15 is 0 Å². The molecule has 0 aliphatic carbocycles. The molecule has 160 valence electrons. The van der Waals surface area contributed by atoms with Crippen LogP contribution in [0.15, 0.2) is 65.8 Å². The molecule has 0 radical (unpaired) electrons. The maximum absolute atomic E-state index is 12.9. The minimum Gasteiger partial charge on any atom is -0.356 e. The summed E-state index contributed by atoms with van der Waals surface area (Å²) in [6.07, 6.45) is 5.84. The van der Waals surface area contributed by atoms with Crippen LogP contribution in [0.5, 0.6) is 0 Å². The van der Waals surface area contributed by atoms with E-state index in [4.69, 9.17) is 0 Å². The normalized spacial score (nSPS) is 14.5. The Morgan fingerprint density at radius 2 is 1.84 bits per heavy atom. The minimum absolute atomic E-state index is 0.0508. The van der Waals surface area contributed by atoms with Gasteiger partial charge in [-0.1, -0.05) is 42.5 Å². The van der Waals surface area contributed by atoms with Crippen molar-refractivity contribution in [3.8, 4) is 0 Å². The fraction of sp³-hybridized carbons (Fsp3) is 0.320. The van der Waals surface area contributed by atoms with Gasteiger partial charge in [-0.05, 0) is 53.5 Å². The molecule has 1 N–H and O–H groups in total. The van der Waals surface area contributed by atoms with E-state index < -0.39 is 0 Å². The molecule has 2 amide bonds. The number of hydrogen-bond acceptors (Lipinski definition) is 4. The van der Waals surface area contributed by atoms with Gasteiger partial charge in [0.05, 0.1) is 12.0 Å². The van der Waals surface area contributed by atoms with Crippen LogP contribution in [0.25, 0.3) is 10.8 Å². The zero-order valence-electron chi connectivity index (χ0n) is 17.7. The maximum atomic E-state index is 12.9. The lowest BCUT2D eigenvalue weighted by Gasteiger charge is -2.32. The van der Waals surface area contributed by atoms with Crippen LogP contribution in [-0.2, 0) is 11.2 Å². The fourth-order valence-corrected chi connectivity index (χ4v) is 4.71. The molecular formula is C25H27N3O2S. The van der Waals surface area contributed by atoms with E-state index in [1.807, 2.05) is 47.6 Å². The highest BCUT2D eigenvalue weighted by molar-refractivity contribution is 7.98. The van der Waals surface area contributed by atoms with Crippen LogP contribution >= 0.6 is 11.8 Å². The molecule has 0 spiro atoms. The second-order valence-corrected chi connectivity index (χ2v) is 8.71. The van der Waals surface area contributed by atoms with E-state index in [9.17, 15) is 9.59 Å². The van der Waals surface area contributed by atoms with Gasteiger partial charge in [0, 0.05) is 25.8 Å². The number of benzene rings is 2. The molecule has 0 bridgehead atoms. The summed E-state index contributed by atoms with van der Waals surface area (Å²) in [4.78, 5) is 31.6. The van der Waals surface area contributed by atoms with Gasteiger partial charge in [-0.25, -0.2) is 4.98 Å². The lowest BCUT2D eigenvalue weighted by Crippen LogP contribution is -2.42. The molecule has 3 aromatic rings. The summed E-state index contributed by atoms with van der Waals surface area (Å²) in [6.45, 7) is 2.09. The third-order valence-corrected chi connectivity index (χ3v) is 6.63. The number of carbonyl (C=O) groups excluding carboxylic acids is 2. The van der Waals surface area contributed by atoms with Crippen LogP contribution in [0.4, 0.5) is 0 Å². The minimum atomic E-state index is 0.0508. The fourth-order valence-electron chi connectivity index (χ4n) is 4.17. The largest absolute Gasteiger partial charge is 0.356 e. The Labute approximate surface area is 187 Å². The van der Waals surface area contributed by atoms with Crippen molar-refractivity contribution in [1.29, 1.82) is 0 Å². The standard InChI is InChI=1S/C25H27N3O2S/c1-31-24-22(10-5-13-26-24)25(30)28-14-11-18(12-15-28)17-27-23(29)16-20-8-4-7-19-6-2-3-9-21(19)20/h2-10,13,18H,11-12,14-17H2,1H3,(H,27,29). The summed E-state index contributed by atoms with van der Waals surface area (Å²) in [6, 6.07) is 17.9. The third-order valence-electron chi connectivity index (χ3n) is 5.92. The lowest BCUT2D eigenvalue weighted by molar-refractivity contribution is -0.120. The molecule has 0 atom stereocenters. The molecule has 5 nitrogen and oxygen atoms in total. The number of piperidine rings is 1. The number of nitrogens with one attached hydrogen (secondary N) is 1. The van der Waals surface area contributed by atoms with E-state index in [-0.39, 0.29) is 11.8 Å². The molecule has 1 aliphatic rings.